The van der Waals surface area contributed by atoms with E-state index in [2.05, 4.69) is 206 Å². The van der Waals surface area contributed by atoms with Crippen LogP contribution in [0.2, 0.25) is 0 Å². The number of benzene rings is 9. The highest BCUT2D eigenvalue weighted by atomic mass is 32.1. The van der Waals surface area contributed by atoms with Crippen LogP contribution in [0.25, 0.3) is 109 Å². The van der Waals surface area contributed by atoms with Crippen LogP contribution in [0.3, 0.4) is 0 Å². The van der Waals surface area contributed by atoms with E-state index in [4.69, 9.17) is 9.97 Å². The van der Waals surface area contributed by atoms with E-state index in [-0.39, 0.29) is 0 Å². The van der Waals surface area contributed by atoms with Crippen LogP contribution >= 0.6 is 11.3 Å². The Morgan fingerprint density at radius 1 is 0.281 bits per heavy atom. The van der Waals surface area contributed by atoms with Crippen molar-refractivity contribution in [2.75, 3.05) is 0 Å². The predicted octanol–water partition coefficient (Wildman–Crippen LogP) is 15.2. The van der Waals surface area contributed by atoms with Crippen molar-refractivity contribution in [2.45, 2.75) is 0 Å². The van der Waals surface area contributed by atoms with Gasteiger partial charge in [-0.2, -0.15) is 0 Å². The summed E-state index contributed by atoms with van der Waals surface area (Å²) in [4.78, 5) is 10.8. The second-order valence-electron chi connectivity index (χ2n) is 14.5. The van der Waals surface area contributed by atoms with Gasteiger partial charge in [-0.15, -0.1) is 11.3 Å². The average Bonchev–Trinajstić information content (AvgIpc) is 3.70. The van der Waals surface area contributed by atoms with Crippen molar-refractivity contribution >= 4 is 53.2 Å². The number of nitrogens with zero attached hydrogens (tertiary/aromatic N) is 2. The summed E-state index contributed by atoms with van der Waals surface area (Å²) in [7, 11) is 0. The summed E-state index contributed by atoms with van der Waals surface area (Å²) in [5, 5.41) is 6.18. The van der Waals surface area contributed by atoms with Gasteiger partial charge in [0.25, 0.3) is 0 Å². The van der Waals surface area contributed by atoms with E-state index in [0.29, 0.717) is 0 Å². The maximum absolute atomic E-state index is 5.45. The SMILES string of the molecule is c1ccc(-c2cc(-c3ccccc3)cc(-c3cccc(-c4cccc(-c5nc(-c6ccccc6)c6sc7c8ccccc8c8ccccc8c7c6n5)c4)c3)c2)cc1. The van der Waals surface area contributed by atoms with Crippen LogP contribution in [0, 0.1) is 0 Å². The summed E-state index contributed by atoms with van der Waals surface area (Å²) < 4.78 is 2.36. The molecule has 0 N–H and O–H groups in total. The van der Waals surface area contributed by atoms with Gasteiger partial charge in [-0.25, -0.2) is 9.97 Å². The molecule has 266 valence electrons. The molecule has 0 bridgehead atoms. The third kappa shape index (κ3) is 5.88. The van der Waals surface area contributed by atoms with Crippen LogP contribution in [0.1, 0.15) is 0 Å². The standard InChI is InChI=1S/C54H34N2S/c1-4-16-35(17-5-1)42-32-43(36-18-6-2-7-19-36)34-44(33-42)40-24-14-22-38(30-40)39-23-15-25-41(31-39)54-55-50(37-20-8-3-9-21-37)53-51(56-54)49-47-28-12-10-26-45(47)46-27-11-13-29-48(46)52(49)57-53/h1-34H. The van der Waals surface area contributed by atoms with Crippen molar-refractivity contribution in [3.05, 3.63) is 206 Å². The average molecular weight is 743 g/mol. The molecular weight excluding hydrogens is 709 g/mol. The number of aromatic nitrogens is 2. The lowest BCUT2D eigenvalue weighted by molar-refractivity contribution is 1.24. The minimum atomic E-state index is 0.722. The van der Waals surface area contributed by atoms with E-state index in [1.807, 2.05) is 0 Å². The van der Waals surface area contributed by atoms with Gasteiger partial charge in [0.2, 0.25) is 0 Å². The lowest BCUT2D eigenvalue weighted by Crippen LogP contribution is -1.94. The smallest absolute Gasteiger partial charge is 0.160 e. The Balaban J connectivity index is 1.07. The lowest BCUT2D eigenvalue weighted by atomic mass is 9.92. The summed E-state index contributed by atoms with van der Waals surface area (Å²) in [6.45, 7) is 0. The Morgan fingerprint density at radius 3 is 1.28 bits per heavy atom. The molecule has 0 unspecified atom stereocenters. The molecular formula is C54H34N2S. The lowest BCUT2D eigenvalue weighted by Gasteiger charge is -2.13. The second-order valence-corrected chi connectivity index (χ2v) is 15.6. The summed E-state index contributed by atoms with van der Waals surface area (Å²) in [5.74, 6) is 0.722. The van der Waals surface area contributed by atoms with Crippen molar-refractivity contribution in [2.24, 2.45) is 0 Å². The van der Waals surface area contributed by atoms with Crippen molar-refractivity contribution < 1.29 is 0 Å². The summed E-state index contributed by atoms with van der Waals surface area (Å²) >= 11 is 1.80. The van der Waals surface area contributed by atoms with Crippen LogP contribution in [0.5, 0.6) is 0 Å². The number of rotatable bonds is 6. The molecule has 11 aromatic rings. The number of thiophene rings is 1. The van der Waals surface area contributed by atoms with E-state index in [1.54, 1.807) is 11.3 Å². The normalized spacial score (nSPS) is 11.5. The Hall–Kier alpha value is -7.20. The molecule has 11 rings (SSSR count). The maximum Gasteiger partial charge on any atom is 0.160 e. The fourth-order valence-corrected chi connectivity index (χ4v) is 9.60. The van der Waals surface area contributed by atoms with Gasteiger partial charge in [-0.3, -0.25) is 0 Å². The summed E-state index contributed by atoms with van der Waals surface area (Å²) in [6, 6.07) is 73.8. The molecule has 0 aliphatic carbocycles. The highest BCUT2D eigenvalue weighted by Crippen LogP contribution is 2.46. The van der Waals surface area contributed by atoms with E-state index in [1.165, 1.54) is 65.0 Å². The van der Waals surface area contributed by atoms with Crippen molar-refractivity contribution in [3.63, 3.8) is 0 Å². The predicted molar refractivity (Wildman–Crippen MR) is 243 cm³/mol. The Kier molecular flexibility index (Phi) is 8.04. The van der Waals surface area contributed by atoms with Crippen molar-refractivity contribution in [1.82, 2.24) is 9.97 Å². The minimum Gasteiger partial charge on any atom is -0.226 e. The van der Waals surface area contributed by atoms with Crippen LogP contribution in [-0.4, -0.2) is 9.97 Å². The number of hydrogen-bond acceptors (Lipinski definition) is 3. The van der Waals surface area contributed by atoms with E-state index < -0.39 is 0 Å². The Labute approximate surface area is 335 Å². The van der Waals surface area contributed by atoms with Gasteiger partial charge in [-0.05, 0) is 91.0 Å². The Bertz CT molecular complexity index is 3220. The molecule has 2 nitrogen and oxygen atoms in total. The van der Waals surface area contributed by atoms with Crippen LogP contribution in [0.15, 0.2) is 206 Å². The second kappa shape index (κ2) is 13.8. The minimum absolute atomic E-state index is 0.722. The molecule has 2 heterocycles. The molecule has 3 heteroatoms. The number of fused-ring (bicyclic) bond motifs is 8. The molecule has 0 aliphatic heterocycles. The van der Waals surface area contributed by atoms with Crippen LogP contribution in [0.4, 0.5) is 0 Å². The molecule has 0 aliphatic rings. The van der Waals surface area contributed by atoms with Gasteiger partial charge < -0.3 is 0 Å². The fourth-order valence-electron chi connectivity index (χ4n) is 8.29. The number of hydrogen-bond donors (Lipinski definition) is 0. The quantitative estimate of drug-likeness (QED) is 0.159. The zero-order chi connectivity index (χ0) is 37.7. The zero-order valence-electron chi connectivity index (χ0n) is 30.9. The molecule has 9 aromatic carbocycles. The molecule has 0 saturated carbocycles. The first-order chi connectivity index (χ1) is 28.2. The monoisotopic (exact) mass is 742 g/mol. The van der Waals surface area contributed by atoms with E-state index in [0.717, 1.165) is 44.0 Å². The first-order valence-electron chi connectivity index (χ1n) is 19.3. The van der Waals surface area contributed by atoms with Crippen molar-refractivity contribution in [1.29, 1.82) is 0 Å². The van der Waals surface area contributed by atoms with E-state index >= 15 is 0 Å². The van der Waals surface area contributed by atoms with E-state index in [9.17, 15) is 0 Å². The third-order valence-corrected chi connectivity index (χ3v) is 12.3. The van der Waals surface area contributed by atoms with Gasteiger partial charge in [0.1, 0.15) is 0 Å². The zero-order valence-corrected chi connectivity index (χ0v) is 31.7. The summed E-state index contributed by atoms with van der Waals surface area (Å²) in [5.41, 5.74) is 13.4. The molecule has 0 fully saturated rings. The Morgan fingerprint density at radius 2 is 0.684 bits per heavy atom. The molecule has 0 radical (unpaired) electrons. The van der Waals surface area contributed by atoms with Crippen LogP contribution < -0.4 is 0 Å². The first-order valence-corrected chi connectivity index (χ1v) is 20.1. The largest absolute Gasteiger partial charge is 0.226 e. The molecule has 2 aromatic heterocycles. The maximum atomic E-state index is 5.45. The topological polar surface area (TPSA) is 25.8 Å². The van der Waals surface area contributed by atoms with Crippen LogP contribution in [-0.2, 0) is 0 Å². The molecule has 0 atom stereocenters. The highest BCUT2D eigenvalue weighted by molar-refractivity contribution is 7.27. The van der Waals surface area contributed by atoms with Gasteiger partial charge in [-0.1, -0.05) is 176 Å². The fraction of sp³-hybridized carbons (Fsp3) is 0. The molecule has 0 amide bonds. The molecule has 0 spiro atoms. The van der Waals surface area contributed by atoms with Gasteiger partial charge in [0.05, 0.1) is 15.9 Å². The highest BCUT2D eigenvalue weighted by Gasteiger charge is 2.21. The van der Waals surface area contributed by atoms with Crippen molar-refractivity contribution in [3.8, 4) is 67.2 Å². The molecule has 0 saturated heterocycles. The van der Waals surface area contributed by atoms with Gasteiger partial charge in [0, 0.05) is 26.6 Å². The van der Waals surface area contributed by atoms with Gasteiger partial charge in [0.15, 0.2) is 5.82 Å². The third-order valence-electron chi connectivity index (χ3n) is 11.0. The summed E-state index contributed by atoms with van der Waals surface area (Å²) in [6.07, 6.45) is 0. The van der Waals surface area contributed by atoms with Gasteiger partial charge >= 0.3 is 0 Å². The first kappa shape index (κ1) is 33.2. The molecule has 57 heavy (non-hydrogen) atoms.